The minimum absolute atomic E-state index is 0.151. The first-order valence-corrected chi connectivity index (χ1v) is 6.80. The Hall–Kier alpha value is -1.60. The van der Waals surface area contributed by atoms with Crippen molar-refractivity contribution in [3.8, 4) is 0 Å². The topological polar surface area (TPSA) is 87.7 Å². The van der Waals surface area contributed by atoms with E-state index in [-0.39, 0.29) is 25.8 Å². The van der Waals surface area contributed by atoms with Crippen LogP contribution < -0.4 is 10.6 Å². The molecule has 0 aromatic heterocycles. The van der Waals surface area contributed by atoms with Gasteiger partial charge in [0.25, 0.3) is 0 Å². The van der Waals surface area contributed by atoms with Crippen molar-refractivity contribution >= 4 is 33.6 Å². The number of halogens is 1. The van der Waals surface area contributed by atoms with E-state index in [1.165, 1.54) is 0 Å². The van der Waals surface area contributed by atoms with Crippen LogP contribution in [-0.4, -0.2) is 36.9 Å². The number of carbonyl (C=O) groups is 2. The first-order chi connectivity index (χ1) is 9.40. The van der Waals surface area contributed by atoms with Crippen LogP contribution in [0.2, 0.25) is 0 Å². The summed E-state index contributed by atoms with van der Waals surface area (Å²) in [7, 11) is 0. The smallest absolute Gasteiger partial charge is 0.329 e. The first-order valence-electron chi connectivity index (χ1n) is 6.01. The Balaban J connectivity index is 2.37. The van der Waals surface area contributed by atoms with Crippen LogP contribution in [0.4, 0.5) is 10.5 Å². The minimum atomic E-state index is -1.03. The van der Waals surface area contributed by atoms with Gasteiger partial charge in [-0.1, -0.05) is 15.9 Å². The molecule has 0 fully saturated rings. The van der Waals surface area contributed by atoms with Crippen LogP contribution >= 0.6 is 15.9 Å². The van der Waals surface area contributed by atoms with Gasteiger partial charge in [-0.3, -0.25) is 0 Å². The van der Waals surface area contributed by atoms with Gasteiger partial charge in [0, 0.05) is 16.7 Å². The number of hydrogen-bond donors (Lipinski definition) is 3. The number of ether oxygens (including phenoxy) is 1. The lowest BCUT2D eigenvalue weighted by molar-refractivity contribution is -0.142. The van der Waals surface area contributed by atoms with Crippen LogP contribution in [0.15, 0.2) is 16.6 Å². The predicted octanol–water partition coefficient (Wildman–Crippen LogP) is 2.29. The molecule has 1 rings (SSSR count). The van der Waals surface area contributed by atoms with Crippen LogP contribution in [0.5, 0.6) is 0 Å². The third-order valence-corrected chi connectivity index (χ3v) is 3.70. The largest absolute Gasteiger partial charge is 0.480 e. The van der Waals surface area contributed by atoms with Crippen LogP contribution in [-0.2, 0) is 9.53 Å². The molecule has 1 aromatic carbocycles. The van der Waals surface area contributed by atoms with Gasteiger partial charge in [-0.15, -0.1) is 0 Å². The molecule has 0 aliphatic carbocycles. The number of urea groups is 1. The molecule has 0 bridgehead atoms. The molecule has 2 amide bonds. The fraction of sp³-hybridized carbons (Fsp3) is 0.385. The molecule has 7 heteroatoms. The molecule has 0 heterocycles. The van der Waals surface area contributed by atoms with E-state index in [1.807, 2.05) is 26.0 Å². The van der Waals surface area contributed by atoms with Crippen molar-refractivity contribution in [1.29, 1.82) is 0 Å². The van der Waals surface area contributed by atoms with Gasteiger partial charge in [-0.2, -0.15) is 0 Å². The summed E-state index contributed by atoms with van der Waals surface area (Å²) in [4.78, 5) is 21.8. The third-order valence-electron chi connectivity index (χ3n) is 2.45. The van der Waals surface area contributed by atoms with Crippen molar-refractivity contribution < 1.29 is 19.4 Å². The number of aryl methyl sites for hydroxylation is 2. The molecular weight excluding hydrogens is 328 g/mol. The van der Waals surface area contributed by atoms with Gasteiger partial charge >= 0.3 is 12.0 Å². The lowest BCUT2D eigenvalue weighted by Gasteiger charge is -2.10. The van der Waals surface area contributed by atoms with E-state index in [0.29, 0.717) is 5.69 Å². The summed E-state index contributed by atoms with van der Waals surface area (Å²) in [6.07, 6.45) is 0. The monoisotopic (exact) mass is 344 g/mol. The molecular formula is C13H17BrN2O4. The normalized spacial score (nSPS) is 10.2. The van der Waals surface area contributed by atoms with Crippen molar-refractivity contribution in [3.63, 3.8) is 0 Å². The number of hydrogen-bond acceptors (Lipinski definition) is 3. The molecule has 0 saturated carbocycles. The average Bonchev–Trinajstić information content (AvgIpc) is 2.35. The summed E-state index contributed by atoms with van der Waals surface area (Å²) in [5, 5.41) is 13.6. The summed E-state index contributed by atoms with van der Waals surface area (Å²) in [5.41, 5.74) is 2.77. The number of benzene rings is 1. The zero-order valence-electron chi connectivity index (χ0n) is 11.3. The summed E-state index contributed by atoms with van der Waals surface area (Å²) >= 11 is 3.46. The maximum absolute atomic E-state index is 11.6. The molecule has 3 N–H and O–H groups in total. The summed E-state index contributed by atoms with van der Waals surface area (Å²) in [6.45, 7) is 3.92. The second-order valence-electron chi connectivity index (χ2n) is 4.25. The van der Waals surface area contributed by atoms with Crippen molar-refractivity contribution in [2.75, 3.05) is 25.1 Å². The van der Waals surface area contributed by atoms with Crippen LogP contribution in [0.25, 0.3) is 0 Å². The van der Waals surface area contributed by atoms with Crippen LogP contribution in [0.1, 0.15) is 11.1 Å². The van der Waals surface area contributed by atoms with Gasteiger partial charge in [-0.25, -0.2) is 9.59 Å². The van der Waals surface area contributed by atoms with E-state index in [4.69, 9.17) is 9.84 Å². The molecule has 20 heavy (non-hydrogen) atoms. The summed E-state index contributed by atoms with van der Waals surface area (Å²) < 4.78 is 5.82. The van der Waals surface area contributed by atoms with Gasteiger partial charge < -0.3 is 20.5 Å². The molecule has 1 aromatic rings. The van der Waals surface area contributed by atoms with Gasteiger partial charge in [0.2, 0.25) is 0 Å². The zero-order chi connectivity index (χ0) is 15.1. The number of amides is 2. The molecule has 110 valence electrons. The van der Waals surface area contributed by atoms with Gasteiger partial charge in [0.05, 0.1) is 6.61 Å². The highest BCUT2D eigenvalue weighted by Crippen LogP contribution is 2.24. The Morgan fingerprint density at radius 1 is 1.30 bits per heavy atom. The Bertz CT molecular complexity index is 482. The van der Waals surface area contributed by atoms with Crippen molar-refractivity contribution in [2.24, 2.45) is 0 Å². The van der Waals surface area contributed by atoms with Gasteiger partial charge in [0.15, 0.2) is 0 Å². The highest BCUT2D eigenvalue weighted by Gasteiger charge is 2.05. The van der Waals surface area contributed by atoms with Crippen molar-refractivity contribution in [3.05, 3.63) is 27.7 Å². The van der Waals surface area contributed by atoms with E-state index < -0.39 is 5.97 Å². The lowest BCUT2D eigenvalue weighted by Crippen LogP contribution is -2.32. The molecule has 0 unspecified atom stereocenters. The number of nitrogens with one attached hydrogen (secondary N) is 2. The third kappa shape index (κ3) is 5.58. The second kappa shape index (κ2) is 7.86. The SMILES string of the molecule is Cc1cc(NC(=O)NCCOCC(=O)O)cc(C)c1Br. The van der Waals surface area contributed by atoms with E-state index >= 15 is 0 Å². The fourth-order valence-corrected chi connectivity index (χ4v) is 1.82. The van der Waals surface area contributed by atoms with Gasteiger partial charge in [0.1, 0.15) is 6.61 Å². The maximum atomic E-state index is 11.6. The summed E-state index contributed by atoms with van der Waals surface area (Å²) in [5.74, 6) is -1.03. The Morgan fingerprint density at radius 2 is 1.90 bits per heavy atom. The number of aliphatic carboxylic acids is 1. The fourth-order valence-electron chi connectivity index (χ4n) is 1.59. The highest BCUT2D eigenvalue weighted by atomic mass is 79.9. The Morgan fingerprint density at radius 3 is 2.45 bits per heavy atom. The quantitative estimate of drug-likeness (QED) is 0.691. The average molecular weight is 345 g/mol. The summed E-state index contributed by atoms with van der Waals surface area (Å²) in [6, 6.07) is 3.36. The van der Waals surface area contributed by atoms with Crippen molar-refractivity contribution in [1.82, 2.24) is 5.32 Å². The van der Waals surface area contributed by atoms with Crippen LogP contribution in [0, 0.1) is 13.8 Å². The number of rotatable bonds is 6. The van der Waals surface area contributed by atoms with Crippen LogP contribution in [0.3, 0.4) is 0 Å². The molecule has 0 spiro atoms. The van der Waals surface area contributed by atoms with E-state index in [0.717, 1.165) is 15.6 Å². The number of carboxylic acids is 1. The molecule has 0 aliphatic rings. The number of anilines is 1. The first kappa shape index (κ1) is 16.5. The molecule has 0 saturated heterocycles. The van der Waals surface area contributed by atoms with E-state index in [9.17, 15) is 9.59 Å². The molecule has 0 aliphatic heterocycles. The molecule has 0 radical (unpaired) electrons. The highest BCUT2D eigenvalue weighted by molar-refractivity contribution is 9.10. The lowest BCUT2D eigenvalue weighted by atomic mass is 10.1. The standard InChI is InChI=1S/C13H17BrN2O4/c1-8-5-10(6-9(2)12(8)14)16-13(19)15-3-4-20-7-11(17)18/h5-6H,3-4,7H2,1-2H3,(H,17,18)(H2,15,16,19). The number of carbonyl (C=O) groups excluding carboxylic acids is 1. The molecule has 6 nitrogen and oxygen atoms in total. The number of carboxylic acid groups (broad SMARTS) is 1. The minimum Gasteiger partial charge on any atom is -0.480 e. The second-order valence-corrected chi connectivity index (χ2v) is 5.04. The molecule has 0 atom stereocenters. The van der Waals surface area contributed by atoms with E-state index in [1.54, 1.807) is 0 Å². The zero-order valence-corrected chi connectivity index (χ0v) is 12.9. The Labute approximate surface area is 125 Å². The van der Waals surface area contributed by atoms with Crippen molar-refractivity contribution in [2.45, 2.75) is 13.8 Å². The maximum Gasteiger partial charge on any atom is 0.329 e. The Kier molecular flexibility index (Phi) is 6.47. The van der Waals surface area contributed by atoms with E-state index in [2.05, 4.69) is 26.6 Å². The predicted molar refractivity (Wildman–Crippen MR) is 79.1 cm³/mol. The van der Waals surface area contributed by atoms with Gasteiger partial charge in [-0.05, 0) is 37.1 Å².